The summed E-state index contributed by atoms with van der Waals surface area (Å²) in [7, 11) is 3.24. The maximum absolute atomic E-state index is 11.8. The van der Waals surface area contributed by atoms with Gasteiger partial charge in [-0.1, -0.05) is 30.3 Å². The Morgan fingerprint density at radius 1 is 1.40 bits per heavy atom. The van der Waals surface area contributed by atoms with E-state index < -0.39 is 6.10 Å². The monoisotopic (exact) mass is 297 g/mol. The summed E-state index contributed by atoms with van der Waals surface area (Å²) in [6, 6.07) is 10.2. The predicted molar refractivity (Wildman–Crippen MR) is 83.0 cm³/mol. The number of hydrogen-bond donors (Lipinski definition) is 1. The fourth-order valence-corrected chi connectivity index (χ4v) is 2.69. The van der Waals surface area contributed by atoms with Gasteiger partial charge in [-0.2, -0.15) is 11.8 Å². The van der Waals surface area contributed by atoms with Crippen LogP contribution in [0.1, 0.15) is 5.56 Å². The Bertz CT molecular complexity index is 386. The number of aliphatic hydroxyl groups is 1. The maximum atomic E-state index is 11.8. The van der Waals surface area contributed by atoms with Crippen molar-refractivity contribution in [3.63, 3.8) is 0 Å². The number of rotatable bonds is 9. The molecule has 0 heterocycles. The Balaban J connectivity index is 2.16. The van der Waals surface area contributed by atoms with E-state index in [-0.39, 0.29) is 12.5 Å². The van der Waals surface area contributed by atoms with Gasteiger partial charge in [0.05, 0.1) is 18.5 Å². The van der Waals surface area contributed by atoms with E-state index in [4.69, 9.17) is 4.74 Å². The van der Waals surface area contributed by atoms with Crippen LogP contribution in [0.2, 0.25) is 0 Å². The minimum atomic E-state index is -0.622. The molecule has 0 aromatic heterocycles. The summed E-state index contributed by atoms with van der Waals surface area (Å²) in [5.41, 5.74) is 1.29. The molecular weight excluding hydrogens is 274 g/mol. The molecule has 0 spiro atoms. The van der Waals surface area contributed by atoms with Gasteiger partial charge in [-0.3, -0.25) is 4.79 Å². The lowest BCUT2D eigenvalue weighted by atomic mass is 10.2. The average molecular weight is 297 g/mol. The number of benzene rings is 1. The van der Waals surface area contributed by atoms with E-state index in [0.717, 1.165) is 12.2 Å². The van der Waals surface area contributed by atoms with Crippen LogP contribution >= 0.6 is 11.8 Å². The van der Waals surface area contributed by atoms with E-state index in [1.165, 1.54) is 12.7 Å². The highest BCUT2D eigenvalue weighted by Crippen LogP contribution is 2.08. The molecule has 0 bridgehead atoms. The number of aliphatic hydroxyl groups excluding tert-OH is 1. The van der Waals surface area contributed by atoms with Gasteiger partial charge in [0.15, 0.2) is 0 Å². The normalized spacial score (nSPS) is 12.2. The average Bonchev–Trinajstić information content (AvgIpc) is 2.44. The largest absolute Gasteiger partial charge is 0.389 e. The number of amides is 1. The third-order valence-corrected chi connectivity index (χ3v) is 3.82. The highest BCUT2D eigenvalue weighted by molar-refractivity contribution is 7.99. The van der Waals surface area contributed by atoms with Gasteiger partial charge in [0.25, 0.3) is 0 Å². The molecule has 0 radical (unpaired) electrons. The smallest absolute Gasteiger partial charge is 0.232 e. The van der Waals surface area contributed by atoms with Crippen LogP contribution in [-0.4, -0.2) is 60.8 Å². The molecule has 0 saturated heterocycles. The molecule has 1 atom stereocenters. The third kappa shape index (κ3) is 6.93. The van der Waals surface area contributed by atoms with E-state index in [1.807, 2.05) is 18.2 Å². The first-order chi connectivity index (χ1) is 9.63. The summed E-state index contributed by atoms with van der Waals surface area (Å²) in [6.45, 7) is 0.560. The van der Waals surface area contributed by atoms with Crippen molar-refractivity contribution in [1.29, 1.82) is 0 Å². The number of likely N-dealkylation sites (N-methyl/N-ethyl adjacent to an activating group) is 1. The Morgan fingerprint density at radius 3 is 2.75 bits per heavy atom. The summed E-state index contributed by atoms with van der Waals surface area (Å²) >= 11 is 1.62. The topological polar surface area (TPSA) is 49.8 Å². The number of methoxy groups -OCH3 is 1. The molecule has 0 aliphatic heterocycles. The second-order valence-electron chi connectivity index (χ2n) is 4.67. The minimum Gasteiger partial charge on any atom is -0.389 e. The van der Waals surface area contributed by atoms with E-state index in [1.54, 1.807) is 23.7 Å². The van der Waals surface area contributed by atoms with Crippen molar-refractivity contribution in [2.75, 3.05) is 38.8 Å². The number of aryl methyl sites for hydroxylation is 1. The highest BCUT2D eigenvalue weighted by Gasteiger charge is 2.13. The number of nitrogens with zero attached hydrogens (tertiary/aromatic N) is 1. The number of ether oxygens (including phenoxy) is 1. The molecule has 0 fully saturated rings. The fraction of sp³-hybridized carbons (Fsp3) is 0.533. The Labute approximate surface area is 125 Å². The van der Waals surface area contributed by atoms with Gasteiger partial charge < -0.3 is 14.7 Å². The minimum absolute atomic E-state index is 0.0400. The maximum Gasteiger partial charge on any atom is 0.232 e. The van der Waals surface area contributed by atoms with Crippen LogP contribution in [0.4, 0.5) is 0 Å². The van der Waals surface area contributed by atoms with Gasteiger partial charge in [-0.25, -0.2) is 0 Å². The van der Waals surface area contributed by atoms with E-state index >= 15 is 0 Å². The second-order valence-corrected chi connectivity index (χ2v) is 5.78. The lowest BCUT2D eigenvalue weighted by molar-refractivity contribution is -0.128. The SMILES string of the molecule is COCC(O)CN(C)C(=O)CSCCc1ccccc1. The number of carbonyl (C=O) groups is 1. The second kappa shape index (κ2) is 9.80. The van der Waals surface area contributed by atoms with Gasteiger partial charge in [0, 0.05) is 20.7 Å². The molecular formula is C15H23NO3S. The van der Waals surface area contributed by atoms with Gasteiger partial charge in [-0.05, 0) is 17.7 Å². The zero-order valence-corrected chi connectivity index (χ0v) is 12.9. The predicted octanol–water partition coefficient (Wildman–Crippen LogP) is 1.43. The molecule has 112 valence electrons. The van der Waals surface area contributed by atoms with Crippen molar-refractivity contribution < 1.29 is 14.6 Å². The molecule has 0 saturated carbocycles. The molecule has 5 heteroatoms. The molecule has 1 aromatic rings. The van der Waals surface area contributed by atoms with Gasteiger partial charge in [-0.15, -0.1) is 0 Å². The summed E-state index contributed by atoms with van der Waals surface area (Å²) in [5, 5.41) is 9.56. The summed E-state index contributed by atoms with van der Waals surface area (Å²) in [4.78, 5) is 13.4. The van der Waals surface area contributed by atoms with Gasteiger partial charge in [0.2, 0.25) is 5.91 Å². The summed E-state index contributed by atoms with van der Waals surface area (Å²) in [5.74, 6) is 1.41. The third-order valence-electron chi connectivity index (χ3n) is 2.87. The standard InChI is InChI=1S/C15H23NO3S/c1-16(10-14(17)11-19-2)15(18)12-20-9-8-13-6-4-3-5-7-13/h3-7,14,17H,8-12H2,1-2H3. The van der Waals surface area contributed by atoms with E-state index in [2.05, 4.69) is 12.1 Å². The van der Waals surface area contributed by atoms with Crippen LogP contribution in [0.25, 0.3) is 0 Å². The molecule has 1 N–H and O–H groups in total. The zero-order valence-electron chi connectivity index (χ0n) is 12.1. The Morgan fingerprint density at radius 2 is 2.10 bits per heavy atom. The Hall–Kier alpha value is -1.04. The lowest BCUT2D eigenvalue weighted by Gasteiger charge is -2.20. The van der Waals surface area contributed by atoms with Gasteiger partial charge >= 0.3 is 0 Å². The zero-order chi connectivity index (χ0) is 14.8. The first-order valence-electron chi connectivity index (χ1n) is 6.66. The van der Waals surface area contributed by atoms with Crippen LogP contribution in [0.3, 0.4) is 0 Å². The highest BCUT2D eigenvalue weighted by atomic mass is 32.2. The van der Waals surface area contributed by atoms with Gasteiger partial charge in [0.1, 0.15) is 0 Å². The first-order valence-corrected chi connectivity index (χ1v) is 7.81. The van der Waals surface area contributed by atoms with Crippen molar-refractivity contribution in [1.82, 2.24) is 4.90 Å². The number of carbonyl (C=O) groups excluding carboxylic acids is 1. The molecule has 1 rings (SSSR count). The summed E-state index contributed by atoms with van der Waals surface area (Å²) in [6.07, 6.45) is 0.345. The summed E-state index contributed by atoms with van der Waals surface area (Å²) < 4.78 is 4.84. The molecule has 1 aromatic carbocycles. The van der Waals surface area contributed by atoms with E-state index in [9.17, 15) is 9.90 Å². The first kappa shape index (κ1) is 17.0. The molecule has 0 aliphatic rings. The van der Waals surface area contributed by atoms with Crippen molar-refractivity contribution in [3.05, 3.63) is 35.9 Å². The van der Waals surface area contributed by atoms with Crippen LogP contribution in [-0.2, 0) is 16.0 Å². The lowest BCUT2D eigenvalue weighted by Crippen LogP contribution is -2.37. The number of thioether (sulfide) groups is 1. The quantitative estimate of drug-likeness (QED) is 0.701. The van der Waals surface area contributed by atoms with Crippen LogP contribution < -0.4 is 0 Å². The van der Waals surface area contributed by atoms with Crippen LogP contribution in [0.5, 0.6) is 0 Å². The van der Waals surface area contributed by atoms with E-state index in [0.29, 0.717) is 12.3 Å². The Kier molecular flexibility index (Phi) is 8.34. The molecule has 1 unspecified atom stereocenters. The molecule has 4 nitrogen and oxygen atoms in total. The molecule has 0 aliphatic carbocycles. The molecule has 20 heavy (non-hydrogen) atoms. The fourth-order valence-electron chi connectivity index (χ4n) is 1.77. The molecule has 1 amide bonds. The van der Waals surface area contributed by atoms with Crippen LogP contribution in [0, 0.1) is 0 Å². The van der Waals surface area contributed by atoms with Crippen molar-refractivity contribution in [2.24, 2.45) is 0 Å². The van der Waals surface area contributed by atoms with Crippen molar-refractivity contribution in [2.45, 2.75) is 12.5 Å². The number of hydrogen-bond acceptors (Lipinski definition) is 4. The van der Waals surface area contributed by atoms with Crippen LogP contribution in [0.15, 0.2) is 30.3 Å². The van der Waals surface area contributed by atoms with Crippen molar-refractivity contribution >= 4 is 17.7 Å². The van der Waals surface area contributed by atoms with Crippen molar-refractivity contribution in [3.8, 4) is 0 Å².